The highest BCUT2D eigenvalue weighted by Gasteiger charge is 2.31. The van der Waals surface area contributed by atoms with Crippen molar-refractivity contribution in [1.82, 2.24) is 10.2 Å². The van der Waals surface area contributed by atoms with Gasteiger partial charge in [-0.15, -0.1) is 0 Å². The Morgan fingerprint density at radius 1 is 0.886 bits per heavy atom. The average molecular weight is 473 g/mol. The number of nitrogens with one attached hydrogen (secondary N) is 1. The molecule has 3 aromatic carbocycles. The molecule has 2 unspecified atom stereocenters. The van der Waals surface area contributed by atoms with Gasteiger partial charge in [-0.05, 0) is 61.6 Å². The fourth-order valence-electron chi connectivity index (χ4n) is 4.02. The van der Waals surface area contributed by atoms with E-state index in [0.29, 0.717) is 18.7 Å². The van der Waals surface area contributed by atoms with Crippen LogP contribution in [0.15, 0.2) is 78.9 Å². The molecule has 0 spiro atoms. The van der Waals surface area contributed by atoms with E-state index in [0.717, 1.165) is 28.7 Å². The molecule has 5 nitrogen and oxygen atoms in total. The first kappa shape index (κ1) is 26.0. The minimum Gasteiger partial charge on any atom is -0.484 e. The summed E-state index contributed by atoms with van der Waals surface area (Å²) in [5.41, 5.74) is 4.10. The number of aryl methyl sites for hydroxylation is 2. The summed E-state index contributed by atoms with van der Waals surface area (Å²) in [7, 11) is 0. The summed E-state index contributed by atoms with van der Waals surface area (Å²) in [6, 6.07) is 24.8. The van der Waals surface area contributed by atoms with E-state index in [2.05, 4.69) is 11.4 Å². The van der Waals surface area contributed by atoms with Crippen LogP contribution < -0.4 is 10.1 Å². The first-order chi connectivity index (χ1) is 16.9. The number of amides is 2. The van der Waals surface area contributed by atoms with Gasteiger partial charge in [0.25, 0.3) is 5.91 Å². The Morgan fingerprint density at radius 3 is 2.03 bits per heavy atom. The van der Waals surface area contributed by atoms with Crippen molar-refractivity contribution in [2.45, 2.75) is 59.2 Å². The fourth-order valence-corrected chi connectivity index (χ4v) is 4.02. The Balaban J connectivity index is 1.90. The van der Waals surface area contributed by atoms with E-state index in [1.54, 1.807) is 4.90 Å². The maximum Gasteiger partial charge on any atom is 0.261 e. The van der Waals surface area contributed by atoms with E-state index < -0.39 is 6.04 Å². The molecule has 3 rings (SSSR count). The Bertz CT molecular complexity index is 1080. The number of hydrogen-bond donors (Lipinski definition) is 1. The van der Waals surface area contributed by atoms with Crippen LogP contribution in [0.1, 0.15) is 42.5 Å². The summed E-state index contributed by atoms with van der Waals surface area (Å²) in [4.78, 5) is 28.7. The van der Waals surface area contributed by atoms with Crippen molar-refractivity contribution in [1.29, 1.82) is 0 Å². The third kappa shape index (κ3) is 7.99. The Labute approximate surface area is 209 Å². The second-order valence-corrected chi connectivity index (χ2v) is 9.14. The molecule has 2 amide bonds. The molecule has 0 radical (unpaired) electrons. The van der Waals surface area contributed by atoms with E-state index in [9.17, 15) is 9.59 Å². The minimum absolute atomic E-state index is 0.0148. The molecule has 0 aliphatic rings. The predicted molar refractivity (Wildman–Crippen MR) is 140 cm³/mol. The number of nitrogens with zero attached hydrogens (tertiary/aromatic N) is 1. The van der Waals surface area contributed by atoms with E-state index in [1.807, 2.05) is 100 Å². The van der Waals surface area contributed by atoms with E-state index in [1.165, 1.54) is 0 Å². The molecule has 0 saturated heterocycles. The van der Waals surface area contributed by atoms with E-state index in [4.69, 9.17) is 4.74 Å². The summed E-state index contributed by atoms with van der Waals surface area (Å²) in [5.74, 6) is 0.270. The van der Waals surface area contributed by atoms with Gasteiger partial charge in [0.2, 0.25) is 5.91 Å². The van der Waals surface area contributed by atoms with Crippen LogP contribution in [-0.4, -0.2) is 35.4 Å². The van der Waals surface area contributed by atoms with Gasteiger partial charge >= 0.3 is 0 Å². The van der Waals surface area contributed by atoms with Crippen molar-refractivity contribution < 1.29 is 14.3 Å². The highest BCUT2D eigenvalue weighted by molar-refractivity contribution is 5.88. The first-order valence-electron chi connectivity index (χ1n) is 12.2. The summed E-state index contributed by atoms with van der Waals surface area (Å²) in [6.07, 6.45) is 1.23. The number of benzene rings is 3. The largest absolute Gasteiger partial charge is 0.484 e. The van der Waals surface area contributed by atoms with Crippen LogP contribution in [-0.2, 0) is 22.6 Å². The van der Waals surface area contributed by atoms with Gasteiger partial charge in [-0.2, -0.15) is 0 Å². The van der Waals surface area contributed by atoms with E-state index in [-0.39, 0.29) is 24.5 Å². The first-order valence-corrected chi connectivity index (χ1v) is 12.2. The molecule has 0 aromatic heterocycles. The van der Waals surface area contributed by atoms with Crippen molar-refractivity contribution in [3.8, 4) is 5.75 Å². The zero-order valence-corrected chi connectivity index (χ0v) is 21.2. The van der Waals surface area contributed by atoms with Crippen LogP contribution in [0.25, 0.3) is 0 Å². The van der Waals surface area contributed by atoms with Crippen molar-refractivity contribution in [3.63, 3.8) is 0 Å². The van der Waals surface area contributed by atoms with Crippen molar-refractivity contribution in [2.75, 3.05) is 6.61 Å². The number of carbonyl (C=O) groups is 2. The molecule has 3 aromatic rings. The van der Waals surface area contributed by atoms with E-state index >= 15 is 0 Å². The van der Waals surface area contributed by atoms with Crippen LogP contribution in [0.4, 0.5) is 0 Å². The third-order valence-electron chi connectivity index (χ3n) is 6.03. The van der Waals surface area contributed by atoms with Crippen LogP contribution in [0.3, 0.4) is 0 Å². The summed E-state index contributed by atoms with van der Waals surface area (Å²) >= 11 is 0. The zero-order chi connectivity index (χ0) is 25.2. The normalized spacial score (nSPS) is 12.5. The average Bonchev–Trinajstić information content (AvgIpc) is 2.85. The Kier molecular flexibility index (Phi) is 9.47. The smallest absolute Gasteiger partial charge is 0.261 e. The SMILES string of the molecule is CCC(C)NC(=O)C(Cc1ccccc1)N(Cc1ccccc1)C(=O)COc1cc(C)cc(C)c1. The van der Waals surface area contributed by atoms with Crippen molar-refractivity contribution in [2.24, 2.45) is 0 Å². The van der Waals surface area contributed by atoms with Crippen molar-refractivity contribution >= 4 is 11.8 Å². The highest BCUT2D eigenvalue weighted by atomic mass is 16.5. The number of hydrogen-bond acceptors (Lipinski definition) is 3. The summed E-state index contributed by atoms with van der Waals surface area (Å²) in [6.45, 7) is 8.18. The lowest BCUT2D eigenvalue weighted by Crippen LogP contribution is -2.53. The molecular weight excluding hydrogens is 436 g/mol. The van der Waals surface area contributed by atoms with Gasteiger partial charge in [0.1, 0.15) is 11.8 Å². The maximum absolute atomic E-state index is 13.6. The molecule has 0 heterocycles. The van der Waals surface area contributed by atoms with Crippen LogP contribution >= 0.6 is 0 Å². The molecule has 0 fully saturated rings. The van der Waals surface area contributed by atoms with Crippen LogP contribution in [0.5, 0.6) is 5.75 Å². The number of ether oxygens (including phenoxy) is 1. The third-order valence-corrected chi connectivity index (χ3v) is 6.03. The molecule has 184 valence electrons. The van der Waals surface area contributed by atoms with Gasteiger partial charge < -0.3 is 15.0 Å². The van der Waals surface area contributed by atoms with Crippen molar-refractivity contribution in [3.05, 3.63) is 101 Å². The van der Waals surface area contributed by atoms with Gasteiger partial charge in [0.05, 0.1) is 0 Å². The van der Waals surface area contributed by atoms with Gasteiger partial charge in [-0.1, -0.05) is 73.7 Å². The molecule has 1 N–H and O–H groups in total. The molecule has 0 aliphatic carbocycles. The second kappa shape index (κ2) is 12.7. The Hall–Kier alpha value is -3.60. The molecule has 35 heavy (non-hydrogen) atoms. The number of rotatable bonds is 11. The van der Waals surface area contributed by atoms with Crippen LogP contribution in [0.2, 0.25) is 0 Å². The lowest BCUT2D eigenvalue weighted by atomic mass is 10.0. The van der Waals surface area contributed by atoms with Gasteiger partial charge in [0.15, 0.2) is 6.61 Å². The molecule has 0 aliphatic heterocycles. The molecule has 2 atom stereocenters. The molecular formula is C30H36N2O3. The summed E-state index contributed by atoms with van der Waals surface area (Å²) in [5, 5.41) is 3.09. The monoisotopic (exact) mass is 472 g/mol. The predicted octanol–water partition coefficient (Wildman–Crippen LogP) is 5.24. The molecule has 5 heteroatoms. The molecule has 0 saturated carbocycles. The highest BCUT2D eigenvalue weighted by Crippen LogP contribution is 2.18. The zero-order valence-electron chi connectivity index (χ0n) is 21.2. The lowest BCUT2D eigenvalue weighted by molar-refractivity contribution is -0.143. The number of carbonyl (C=O) groups excluding carboxylic acids is 2. The van der Waals surface area contributed by atoms with Crippen LogP contribution in [0, 0.1) is 13.8 Å². The molecule has 0 bridgehead atoms. The fraction of sp³-hybridized carbons (Fsp3) is 0.333. The van der Waals surface area contributed by atoms with Gasteiger partial charge in [-0.3, -0.25) is 9.59 Å². The quantitative estimate of drug-likeness (QED) is 0.415. The standard InChI is InChI=1S/C30H36N2O3/c1-5-24(4)31-30(34)28(19-25-12-8-6-9-13-25)32(20-26-14-10-7-11-15-26)29(33)21-35-27-17-22(2)16-23(3)18-27/h6-18,24,28H,5,19-21H2,1-4H3,(H,31,34). The maximum atomic E-state index is 13.6. The minimum atomic E-state index is -0.665. The second-order valence-electron chi connectivity index (χ2n) is 9.14. The summed E-state index contributed by atoms with van der Waals surface area (Å²) < 4.78 is 5.91. The lowest BCUT2D eigenvalue weighted by Gasteiger charge is -2.32. The van der Waals surface area contributed by atoms with Gasteiger partial charge in [-0.25, -0.2) is 0 Å². The topological polar surface area (TPSA) is 58.6 Å². The Morgan fingerprint density at radius 2 is 1.46 bits per heavy atom. The van der Waals surface area contributed by atoms with Gasteiger partial charge in [0, 0.05) is 19.0 Å².